The van der Waals surface area contributed by atoms with Gasteiger partial charge in [-0.2, -0.15) is 0 Å². The van der Waals surface area contributed by atoms with Gasteiger partial charge in [0.15, 0.2) is 9.84 Å². The van der Waals surface area contributed by atoms with E-state index in [1.165, 1.54) is 30.6 Å². The van der Waals surface area contributed by atoms with Gasteiger partial charge in [-0.25, -0.2) is 8.42 Å². The monoisotopic (exact) mass is 415 g/mol. The van der Waals surface area contributed by atoms with E-state index in [0.717, 1.165) is 5.56 Å². The van der Waals surface area contributed by atoms with E-state index in [2.05, 4.69) is 5.32 Å². The normalized spacial score (nSPS) is 12.4. The van der Waals surface area contributed by atoms with Crippen LogP contribution in [0.1, 0.15) is 26.0 Å². The lowest BCUT2D eigenvalue weighted by Crippen LogP contribution is -2.32. The molecule has 0 aliphatic rings. The molecule has 1 atom stereocenters. The molecule has 0 saturated carbocycles. The number of amides is 1. The zero-order valence-corrected chi connectivity index (χ0v) is 17.2. The summed E-state index contributed by atoms with van der Waals surface area (Å²) in [6, 6.07) is 17.1. The van der Waals surface area contributed by atoms with Crippen molar-refractivity contribution >= 4 is 27.1 Å². The highest BCUT2D eigenvalue weighted by Crippen LogP contribution is 2.32. The molecule has 146 valence electrons. The SMILES string of the molecule is COc1ccc(S(=O)(=O)[C@@H](CNC(=O)c2ccccc2C)c2cccs2)cc1. The summed E-state index contributed by atoms with van der Waals surface area (Å²) < 4.78 is 31.6. The van der Waals surface area contributed by atoms with Gasteiger partial charge in [0.05, 0.1) is 12.0 Å². The third-order valence-electron chi connectivity index (χ3n) is 4.46. The second-order valence-corrected chi connectivity index (χ2v) is 9.36. The van der Waals surface area contributed by atoms with Crippen LogP contribution in [-0.2, 0) is 9.84 Å². The Bertz CT molecular complexity index is 1040. The first-order valence-corrected chi connectivity index (χ1v) is 11.1. The summed E-state index contributed by atoms with van der Waals surface area (Å²) in [6.45, 7) is 1.84. The second-order valence-electron chi connectivity index (χ2n) is 6.25. The molecule has 0 aliphatic carbocycles. The Morgan fingerprint density at radius 2 is 1.79 bits per heavy atom. The summed E-state index contributed by atoms with van der Waals surface area (Å²) in [4.78, 5) is 13.4. The molecular weight excluding hydrogens is 394 g/mol. The zero-order valence-electron chi connectivity index (χ0n) is 15.6. The lowest BCUT2D eigenvalue weighted by atomic mass is 10.1. The van der Waals surface area contributed by atoms with Gasteiger partial charge in [0.25, 0.3) is 5.91 Å². The lowest BCUT2D eigenvalue weighted by molar-refractivity contribution is 0.0953. The fourth-order valence-corrected chi connectivity index (χ4v) is 5.66. The van der Waals surface area contributed by atoms with Gasteiger partial charge < -0.3 is 10.1 Å². The van der Waals surface area contributed by atoms with Crippen molar-refractivity contribution in [1.29, 1.82) is 0 Å². The number of methoxy groups -OCH3 is 1. The summed E-state index contributed by atoms with van der Waals surface area (Å²) in [5.41, 5.74) is 1.37. The summed E-state index contributed by atoms with van der Waals surface area (Å²) >= 11 is 1.36. The minimum absolute atomic E-state index is 0.0119. The van der Waals surface area contributed by atoms with Crippen LogP contribution < -0.4 is 10.1 Å². The van der Waals surface area contributed by atoms with Gasteiger partial charge in [0.1, 0.15) is 11.0 Å². The number of carbonyl (C=O) groups is 1. The summed E-state index contributed by atoms with van der Waals surface area (Å²) in [6.07, 6.45) is 0. The second kappa shape index (κ2) is 8.58. The van der Waals surface area contributed by atoms with Crippen molar-refractivity contribution in [2.45, 2.75) is 17.1 Å². The number of ether oxygens (including phenoxy) is 1. The minimum atomic E-state index is -3.70. The molecular formula is C21H21NO4S2. The van der Waals surface area contributed by atoms with Gasteiger partial charge in [-0.05, 0) is 54.3 Å². The highest BCUT2D eigenvalue weighted by Gasteiger charge is 2.30. The lowest BCUT2D eigenvalue weighted by Gasteiger charge is -2.18. The smallest absolute Gasteiger partial charge is 0.251 e. The Kier molecular flexibility index (Phi) is 6.16. The Morgan fingerprint density at radius 1 is 1.07 bits per heavy atom. The maximum atomic E-state index is 13.3. The van der Waals surface area contributed by atoms with Gasteiger partial charge >= 0.3 is 0 Å². The Hall–Kier alpha value is -2.64. The van der Waals surface area contributed by atoms with E-state index in [9.17, 15) is 13.2 Å². The number of thiophene rings is 1. The highest BCUT2D eigenvalue weighted by molar-refractivity contribution is 7.91. The first kappa shape index (κ1) is 20.1. The van der Waals surface area contributed by atoms with Crippen LogP contribution >= 0.6 is 11.3 Å². The molecule has 0 saturated heterocycles. The largest absolute Gasteiger partial charge is 0.497 e. The van der Waals surface area contributed by atoms with Crippen LogP contribution in [0.15, 0.2) is 70.9 Å². The molecule has 0 bridgehead atoms. The third kappa shape index (κ3) is 4.26. The maximum absolute atomic E-state index is 13.3. The zero-order chi connectivity index (χ0) is 20.1. The predicted molar refractivity (Wildman–Crippen MR) is 111 cm³/mol. The first-order valence-electron chi connectivity index (χ1n) is 8.68. The third-order valence-corrected chi connectivity index (χ3v) is 7.69. The van der Waals surface area contributed by atoms with Gasteiger partial charge in [-0.3, -0.25) is 4.79 Å². The summed E-state index contributed by atoms with van der Waals surface area (Å²) in [5.74, 6) is 0.295. The molecule has 3 rings (SSSR count). The van der Waals surface area contributed by atoms with Crippen LogP contribution in [0.2, 0.25) is 0 Å². The number of sulfone groups is 1. The van der Waals surface area contributed by atoms with Crippen LogP contribution in [-0.4, -0.2) is 28.0 Å². The quantitative estimate of drug-likeness (QED) is 0.633. The van der Waals surface area contributed by atoms with E-state index >= 15 is 0 Å². The number of benzene rings is 2. The van der Waals surface area contributed by atoms with Gasteiger partial charge in [0.2, 0.25) is 0 Å². The van der Waals surface area contributed by atoms with Crippen LogP contribution in [0, 0.1) is 6.92 Å². The topological polar surface area (TPSA) is 72.5 Å². The molecule has 7 heteroatoms. The van der Waals surface area contributed by atoms with Crippen molar-refractivity contribution in [2.24, 2.45) is 0 Å². The fourth-order valence-electron chi connectivity index (χ4n) is 2.88. The standard InChI is InChI=1S/C21H21NO4S2/c1-15-6-3-4-7-18(15)21(23)22-14-20(19-8-5-13-27-19)28(24,25)17-11-9-16(26-2)10-12-17/h3-13,20H,14H2,1-2H3,(H,22,23)/t20-/m0/s1. The molecule has 1 heterocycles. The molecule has 0 aliphatic heterocycles. The van der Waals surface area contributed by atoms with Gasteiger partial charge in [-0.15, -0.1) is 11.3 Å². The van der Waals surface area contributed by atoms with Gasteiger partial charge in [0, 0.05) is 17.0 Å². The van der Waals surface area contributed by atoms with E-state index in [1.807, 2.05) is 24.4 Å². The number of rotatable bonds is 7. The Balaban J connectivity index is 1.87. The molecule has 28 heavy (non-hydrogen) atoms. The Labute approximate surface area is 168 Å². The number of carbonyl (C=O) groups excluding carboxylic acids is 1. The molecule has 1 amide bonds. The predicted octanol–water partition coefficient (Wildman–Crippen LogP) is 4.01. The molecule has 0 unspecified atom stereocenters. The summed E-state index contributed by atoms with van der Waals surface area (Å²) in [5, 5.41) is 3.75. The van der Waals surface area contributed by atoms with E-state index in [0.29, 0.717) is 16.2 Å². The van der Waals surface area contributed by atoms with E-state index in [1.54, 1.807) is 36.4 Å². The molecule has 0 radical (unpaired) electrons. The molecule has 0 fully saturated rings. The van der Waals surface area contributed by atoms with E-state index in [4.69, 9.17) is 4.74 Å². The molecule has 1 aromatic heterocycles. The van der Waals surface area contributed by atoms with E-state index in [-0.39, 0.29) is 17.3 Å². The first-order chi connectivity index (χ1) is 13.4. The average Bonchev–Trinajstić information content (AvgIpc) is 3.22. The van der Waals surface area contributed by atoms with Crippen molar-refractivity contribution in [3.63, 3.8) is 0 Å². The van der Waals surface area contributed by atoms with Crippen LogP contribution in [0.25, 0.3) is 0 Å². The van der Waals surface area contributed by atoms with Crippen molar-refractivity contribution < 1.29 is 17.9 Å². The summed E-state index contributed by atoms with van der Waals surface area (Å²) in [7, 11) is -2.17. The van der Waals surface area contributed by atoms with Crippen LogP contribution in [0.3, 0.4) is 0 Å². The molecule has 3 aromatic rings. The maximum Gasteiger partial charge on any atom is 0.251 e. The van der Waals surface area contributed by atoms with Gasteiger partial charge in [-0.1, -0.05) is 24.3 Å². The average molecular weight is 416 g/mol. The fraction of sp³-hybridized carbons (Fsp3) is 0.190. The number of nitrogens with one attached hydrogen (secondary N) is 1. The minimum Gasteiger partial charge on any atom is -0.497 e. The molecule has 1 N–H and O–H groups in total. The number of hydrogen-bond donors (Lipinski definition) is 1. The Morgan fingerprint density at radius 3 is 2.39 bits per heavy atom. The van der Waals surface area contributed by atoms with Crippen LogP contribution in [0.5, 0.6) is 5.75 Å². The number of hydrogen-bond acceptors (Lipinski definition) is 5. The van der Waals surface area contributed by atoms with Crippen LogP contribution in [0.4, 0.5) is 0 Å². The molecule has 0 spiro atoms. The van der Waals surface area contributed by atoms with Crippen molar-refractivity contribution in [1.82, 2.24) is 5.32 Å². The van der Waals surface area contributed by atoms with Crippen molar-refractivity contribution in [2.75, 3.05) is 13.7 Å². The number of aryl methyl sites for hydroxylation is 1. The molecule has 2 aromatic carbocycles. The van der Waals surface area contributed by atoms with Crippen molar-refractivity contribution in [3.8, 4) is 5.75 Å². The van der Waals surface area contributed by atoms with Crippen molar-refractivity contribution in [3.05, 3.63) is 82.0 Å². The highest BCUT2D eigenvalue weighted by atomic mass is 32.2. The molecule has 5 nitrogen and oxygen atoms in total. The van der Waals surface area contributed by atoms with E-state index < -0.39 is 15.1 Å².